The van der Waals surface area contributed by atoms with Gasteiger partial charge in [0.2, 0.25) is 17.7 Å². The minimum Gasteiger partial charge on any atom is -0.469 e. The molecule has 1 amide bonds. The smallest absolute Gasteiger partial charge is 0.248 e. The Balaban J connectivity index is 1.61. The van der Waals surface area contributed by atoms with Gasteiger partial charge >= 0.3 is 0 Å². The number of primary amides is 1. The number of likely N-dealkylation sites (N-methyl/N-ethyl adjacent to an activating group) is 1. The van der Waals surface area contributed by atoms with Crippen LogP contribution >= 0.6 is 11.8 Å². The van der Waals surface area contributed by atoms with E-state index in [0.717, 1.165) is 41.5 Å². The average Bonchev–Trinajstić information content (AvgIpc) is 2.81. The molecule has 1 atom stereocenters. The average molecular weight is 468 g/mol. The van der Waals surface area contributed by atoms with Gasteiger partial charge in [-0.25, -0.2) is 9.37 Å². The zero-order valence-corrected chi connectivity index (χ0v) is 19.4. The highest BCUT2D eigenvalue weighted by atomic mass is 32.2. The number of carbonyl (C=O) groups is 1. The molecule has 2 heterocycles. The van der Waals surface area contributed by atoms with Gasteiger partial charge in [-0.05, 0) is 55.9 Å². The number of carbonyl (C=O) groups excluding carboxylic acids is 1. The number of rotatable bonds is 7. The van der Waals surface area contributed by atoms with Crippen molar-refractivity contribution in [3.05, 3.63) is 71.7 Å². The molecule has 7 nitrogen and oxygen atoms in total. The standard InChI is InChI=1S/C24H26FN5O2S/c1-16(17-3-7-19(25)8-4-17)32-23-21(33-20-9-5-18(6-10-20)22(26)31)15-27-24(28-23)30-13-11-29(2)12-14-30/h3-10,15-16H,11-14H2,1-2H3,(H2,26,31). The van der Waals surface area contributed by atoms with Crippen molar-refractivity contribution in [3.8, 4) is 5.88 Å². The van der Waals surface area contributed by atoms with Crippen LogP contribution in [0.4, 0.5) is 10.3 Å². The highest BCUT2D eigenvalue weighted by Crippen LogP contribution is 2.36. The molecular formula is C24H26FN5O2S. The molecule has 0 bridgehead atoms. The van der Waals surface area contributed by atoms with Crippen LogP contribution in [0.25, 0.3) is 0 Å². The van der Waals surface area contributed by atoms with E-state index in [1.165, 1.54) is 23.9 Å². The van der Waals surface area contributed by atoms with E-state index in [1.54, 1.807) is 30.5 Å². The second kappa shape index (κ2) is 10.2. The van der Waals surface area contributed by atoms with Gasteiger partial charge < -0.3 is 20.3 Å². The van der Waals surface area contributed by atoms with Gasteiger partial charge in [0.05, 0.1) is 11.1 Å². The molecule has 2 aromatic carbocycles. The molecule has 0 radical (unpaired) electrons. The number of aromatic nitrogens is 2. The second-order valence-electron chi connectivity index (χ2n) is 7.93. The molecule has 33 heavy (non-hydrogen) atoms. The predicted octanol–water partition coefficient (Wildman–Crippen LogP) is 3.76. The second-order valence-corrected chi connectivity index (χ2v) is 9.05. The summed E-state index contributed by atoms with van der Waals surface area (Å²) in [6.45, 7) is 5.46. The quantitative estimate of drug-likeness (QED) is 0.566. The van der Waals surface area contributed by atoms with Gasteiger partial charge in [0, 0.05) is 36.6 Å². The van der Waals surface area contributed by atoms with Crippen LogP contribution in [0.1, 0.15) is 28.9 Å². The molecule has 1 unspecified atom stereocenters. The maximum atomic E-state index is 13.3. The summed E-state index contributed by atoms with van der Waals surface area (Å²) in [5, 5.41) is 0. The lowest BCUT2D eigenvalue weighted by Gasteiger charge is -2.32. The number of anilines is 1. The number of nitrogens with two attached hydrogens (primary N) is 1. The lowest BCUT2D eigenvalue weighted by atomic mass is 10.1. The lowest BCUT2D eigenvalue weighted by Crippen LogP contribution is -2.45. The summed E-state index contributed by atoms with van der Waals surface area (Å²) < 4.78 is 19.6. The Hall–Kier alpha value is -3.17. The molecule has 0 spiro atoms. The van der Waals surface area contributed by atoms with Gasteiger partial charge in [-0.15, -0.1) is 0 Å². The summed E-state index contributed by atoms with van der Waals surface area (Å²) >= 11 is 1.44. The number of hydrogen-bond acceptors (Lipinski definition) is 7. The number of ether oxygens (including phenoxy) is 1. The summed E-state index contributed by atoms with van der Waals surface area (Å²) in [6, 6.07) is 13.3. The van der Waals surface area contributed by atoms with Crippen molar-refractivity contribution in [2.75, 3.05) is 38.1 Å². The first kappa shape index (κ1) is 23.0. The van der Waals surface area contributed by atoms with Crippen LogP contribution in [0, 0.1) is 5.82 Å². The van der Waals surface area contributed by atoms with Crippen molar-refractivity contribution >= 4 is 23.6 Å². The number of benzene rings is 2. The molecule has 3 aromatic rings. The molecule has 0 saturated carbocycles. The first-order valence-corrected chi connectivity index (χ1v) is 11.5. The van der Waals surface area contributed by atoms with E-state index in [0.29, 0.717) is 17.4 Å². The van der Waals surface area contributed by atoms with Crippen molar-refractivity contribution in [2.45, 2.75) is 22.8 Å². The van der Waals surface area contributed by atoms with Gasteiger partial charge in [-0.1, -0.05) is 23.9 Å². The highest BCUT2D eigenvalue weighted by molar-refractivity contribution is 7.99. The van der Waals surface area contributed by atoms with Crippen LogP contribution in [0.15, 0.2) is 64.5 Å². The van der Waals surface area contributed by atoms with Crippen LogP contribution in [-0.2, 0) is 0 Å². The summed E-state index contributed by atoms with van der Waals surface area (Å²) in [4.78, 5) is 26.8. The fourth-order valence-corrected chi connectivity index (χ4v) is 4.26. The van der Waals surface area contributed by atoms with Crippen LogP contribution in [-0.4, -0.2) is 54.0 Å². The molecule has 1 aliphatic rings. The Labute approximate surface area is 196 Å². The molecule has 1 aromatic heterocycles. The van der Waals surface area contributed by atoms with Gasteiger partial charge in [-0.2, -0.15) is 4.98 Å². The summed E-state index contributed by atoms with van der Waals surface area (Å²) in [5.74, 6) is 0.321. The SMILES string of the molecule is CC(Oc1nc(N2CCN(C)CC2)ncc1Sc1ccc(C(N)=O)cc1)c1ccc(F)cc1. The zero-order chi connectivity index (χ0) is 23.4. The van der Waals surface area contributed by atoms with Crippen molar-refractivity contribution < 1.29 is 13.9 Å². The van der Waals surface area contributed by atoms with Crippen LogP contribution in [0.2, 0.25) is 0 Å². The number of hydrogen-bond donors (Lipinski definition) is 1. The number of halogens is 1. The topological polar surface area (TPSA) is 84.6 Å². The normalized spacial score (nSPS) is 15.3. The molecular weight excluding hydrogens is 441 g/mol. The Morgan fingerprint density at radius 1 is 1.09 bits per heavy atom. The molecule has 172 valence electrons. The maximum absolute atomic E-state index is 13.3. The third-order valence-electron chi connectivity index (χ3n) is 5.49. The van der Waals surface area contributed by atoms with Crippen LogP contribution in [0.5, 0.6) is 5.88 Å². The highest BCUT2D eigenvalue weighted by Gasteiger charge is 2.20. The maximum Gasteiger partial charge on any atom is 0.248 e. The third kappa shape index (κ3) is 5.80. The lowest BCUT2D eigenvalue weighted by molar-refractivity contribution is 0.1000. The number of nitrogens with zero attached hydrogens (tertiary/aromatic N) is 4. The van der Waals surface area contributed by atoms with E-state index in [9.17, 15) is 9.18 Å². The van der Waals surface area contributed by atoms with Gasteiger partial charge in [0.15, 0.2) is 0 Å². The number of piperazine rings is 1. The van der Waals surface area contributed by atoms with Crippen molar-refractivity contribution in [3.63, 3.8) is 0 Å². The first-order chi connectivity index (χ1) is 15.9. The third-order valence-corrected chi connectivity index (χ3v) is 6.50. The molecule has 0 aliphatic carbocycles. The Morgan fingerprint density at radius 3 is 2.39 bits per heavy atom. The summed E-state index contributed by atoms with van der Waals surface area (Å²) in [7, 11) is 2.10. The summed E-state index contributed by atoms with van der Waals surface area (Å²) in [5.41, 5.74) is 6.63. The van der Waals surface area contributed by atoms with Crippen molar-refractivity contribution in [1.82, 2.24) is 14.9 Å². The van der Waals surface area contributed by atoms with E-state index in [1.807, 2.05) is 19.1 Å². The number of amides is 1. The fraction of sp³-hybridized carbons (Fsp3) is 0.292. The Kier molecular flexibility index (Phi) is 7.10. The minimum atomic E-state index is -0.469. The van der Waals surface area contributed by atoms with Gasteiger partial charge in [-0.3, -0.25) is 4.79 Å². The van der Waals surface area contributed by atoms with Crippen LogP contribution < -0.4 is 15.4 Å². The molecule has 1 saturated heterocycles. The van der Waals surface area contributed by atoms with E-state index in [2.05, 4.69) is 21.8 Å². The van der Waals surface area contributed by atoms with E-state index >= 15 is 0 Å². The Morgan fingerprint density at radius 2 is 1.76 bits per heavy atom. The molecule has 1 aliphatic heterocycles. The van der Waals surface area contributed by atoms with Crippen molar-refractivity contribution in [1.29, 1.82) is 0 Å². The molecule has 9 heteroatoms. The van der Waals surface area contributed by atoms with Gasteiger partial charge in [0.25, 0.3) is 0 Å². The van der Waals surface area contributed by atoms with Gasteiger partial charge in [0.1, 0.15) is 11.9 Å². The van der Waals surface area contributed by atoms with E-state index < -0.39 is 5.91 Å². The zero-order valence-electron chi connectivity index (χ0n) is 18.6. The van der Waals surface area contributed by atoms with E-state index in [-0.39, 0.29) is 11.9 Å². The largest absolute Gasteiger partial charge is 0.469 e. The monoisotopic (exact) mass is 467 g/mol. The molecule has 2 N–H and O–H groups in total. The van der Waals surface area contributed by atoms with Crippen LogP contribution in [0.3, 0.4) is 0 Å². The first-order valence-electron chi connectivity index (χ1n) is 10.7. The molecule has 1 fully saturated rings. The fourth-order valence-electron chi connectivity index (χ4n) is 3.44. The minimum absolute atomic E-state index is 0.291. The Bertz CT molecular complexity index is 1100. The summed E-state index contributed by atoms with van der Waals surface area (Å²) in [6.07, 6.45) is 1.43. The predicted molar refractivity (Wildman–Crippen MR) is 126 cm³/mol. The van der Waals surface area contributed by atoms with Crippen molar-refractivity contribution in [2.24, 2.45) is 5.73 Å². The van der Waals surface area contributed by atoms with E-state index in [4.69, 9.17) is 15.5 Å². The molecule has 4 rings (SSSR count).